The minimum atomic E-state index is 0.594. The molecule has 0 saturated carbocycles. The Kier molecular flexibility index (Phi) is 4.01. The number of nitrogens with one attached hydrogen (secondary N) is 2. The van der Waals surface area contributed by atoms with Crippen LogP contribution in [0.3, 0.4) is 0 Å². The Morgan fingerprint density at radius 1 is 1.41 bits per heavy atom. The lowest BCUT2D eigenvalue weighted by Crippen LogP contribution is -2.03. The number of aromatic nitrogens is 3. The molecule has 0 bridgehead atoms. The SMILES string of the molecule is COc1c(Br)cc(Br)cc1CNc1ncn[nH]1. The molecule has 0 aliphatic carbocycles. The van der Waals surface area contributed by atoms with Gasteiger partial charge in [-0.05, 0) is 28.1 Å². The second kappa shape index (κ2) is 5.50. The Labute approximate surface area is 115 Å². The molecule has 0 atom stereocenters. The number of aromatic amines is 1. The topological polar surface area (TPSA) is 62.8 Å². The van der Waals surface area contributed by atoms with Gasteiger partial charge in [-0.25, -0.2) is 10.1 Å². The van der Waals surface area contributed by atoms with Gasteiger partial charge >= 0.3 is 0 Å². The third-order valence-corrected chi connectivity index (χ3v) is 3.20. The van der Waals surface area contributed by atoms with E-state index in [9.17, 15) is 0 Å². The molecule has 0 unspecified atom stereocenters. The van der Waals surface area contributed by atoms with E-state index in [2.05, 4.69) is 52.4 Å². The summed E-state index contributed by atoms with van der Waals surface area (Å²) in [7, 11) is 1.64. The third kappa shape index (κ3) is 2.98. The summed E-state index contributed by atoms with van der Waals surface area (Å²) in [6.07, 6.45) is 1.45. The van der Waals surface area contributed by atoms with Crippen LogP contribution in [0.15, 0.2) is 27.4 Å². The summed E-state index contributed by atoms with van der Waals surface area (Å²) >= 11 is 6.90. The maximum Gasteiger partial charge on any atom is 0.218 e. The molecule has 0 aliphatic rings. The summed E-state index contributed by atoms with van der Waals surface area (Å²) in [4.78, 5) is 3.99. The van der Waals surface area contributed by atoms with Crippen molar-refractivity contribution in [2.45, 2.75) is 6.54 Å². The minimum Gasteiger partial charge on any atom is -0.495 e. The summed E-state index contributed by atoms with van der Waals surface area (Å²) in [5.74, 6) is 1.43. The molecule has 0 fully saturated rings. The Morgan fingerprint density at radius 2 is 2.24 bits per heavy atom. The summed E-state index contributed by atoms with van der Waals surface area (Å²) < 4.78 is 7.24. The smallest absolute Gasteiger partial charge is 0.218 e. The average Bonchev–Trinajstić information content (AvgIpc) is 2.78. The first-order chi connectivity index (χ1) is 8.20. The highest BCUT2D eigenvalue weighted by Gasteiger charge is 2.09. The van der Waals surface area contributed by atoms with Gasteiger partial charge in [0.1, 0.15) is 12.1 Å². The van der Waals surface area contributed by atoms with Crippen LogP contribution >= 0.6 is 31.9 Å². The molecule has 90 valence electrons. The van der Waals surface area contributed by atoms with Crippen molar-refractivity contribution in [1.29, 1.82) is 0 Å². The number of ether oxygens (including phenoxy) is 1. The number of nitrogens with zero attached hydrogens (tertiary/aromatic N) is 2. The number of methoxy groups -OCH3 is 1. The Bertz CT molecular complexity index is 501. The molecule has 0 amide bonds. The lowest BCUT2D eigenvalue weighted by atomic mass is 10.2. The molecule has 0 aliphatic heterocycles. The van der Waals surface area contributed by atoms with Gasteiger partial charge in [0.25, 0.3) is 0 Å². The van der Waals surface area contributed by atoms with Crippen LogP contribution in [0, 0.1) is 0 Å². The first-order valence-electron chi connectivity index (χ1n) is 4.82. The van der Waals surface area contributed by atoms with Crippen molar-refractivity contribution < 1.29 is 4.74 Å². The minimum absolute atomic E-state index is 0.594. The number of H-pyrrole nitrogens is 1. The molecular formula is C10H10Br2N4O. The van der Waals surface area contributed by atoms with Crippen LogP contribution in [0.2, 0.25) is 0 Å². The molecule has 0 radical (unpaired) electrons. The molecular weight excluding hydrogens is 352 g/mol. The van der Waals surface area contributed by atoms with Crippen LogP contribution in [0.1, 0.15) is 5.56 Å². The molecule has 17 heavy (non-hydrogen) atoms. The van der Waals surface area contributed by atoms with Gasteiger partial charge in [0.15, 0.2) is 0 Å². The lowest BCUT2D eigenvalue weighted by Gasteiger charge is -2.11. The van der Waals surface area contributed by atoms with Crippen LogP contribution in [0.25, 0.3) is 0 Å². The van der Waals surface area contributed by atoms with Crippen molar-refractivity contribution in [3.63, 3.8) is 0 Å². The molecule has 0 spiro atoms. The highest BCUT2D eigenvalue weighted by atomic mass is 79.9. The van der Waals surface area contributed by atoms with Gasteiger partial charge < -0.3 is 10.1 Å². The van der Waals surface area contributed by atoms with Gasteiger partial charge in [-0.1, -0.05) is 15.9 Å². The van der Waals surface area contributed by atoms with Gasteiger partial charge in [-0.15, -0.1) is 0 Å². The van der Waals surface area contributed by atoms with E-state index >= 15 is 0 Å². The fraction of sp³-hybridized carbons (Fsp3) is 0.200. The van der Waals surface area contributed by atoms with E-state index in [1.807, 2.05) is 12.1 Å². The third-order valence-electron chi connectivity index (χ3n) is 2.15. The maximum absolute atomic E-state index is 5.35. The Hall–Kier alpha value is -1.08. The predicted molar refractivity (Wildman–Crippen MR) is 72.1 cm³/mol. The summed E-state index contributed by atoms with van der Waals surface area (Å²) in [5.41, 5.74) is 1.02. The first kappa shape index (κ1) is 12.4. The summed E-state index contributed by atoms with van der Waals surface area (Å²) in [5, 5.41) is 9.62. The van der Waals surface area contributed by atoms with Gasteiger partial charge in [0.2, 0.25) is 5.95 Å². The monoisotopic (exact) mass is 360 g/mol. The molecule has 7 heteroatoms. The van der Waals surface area contributed by atoms with E-state index in [0.717, 1.165) is 20.3 Å². The number of anilines is 1. The average molecular weight is 362 g/mol. The zero-order chi connectivity index (χ0) is 12.3. The second-order valence-electron chi connectivity index (χ2n) is 3.27. The number of halogens is 2. The Morgan fingerprint density at radius 3 is 2.88 bits per heavy atom. The number of hydrogen-bond acceptors (Lipinski definition) is 4. The normalized spacial score (nSPS) is 10.3. The number of benzene rings is 1. The van der Waals surface area contributed by atoms with Crippen LogP contribution in [0.4, 0.5) is 5.95 Å². The van der Waals surface area contributed by atoms with E-state index < -0.39 is 0 Å². The molecule has 1 heterocycles. The highest BCUT2D eigenvalue weighted by molar-refractivity contribution is 9.11. The largest absolute Gasteiger partial charge is 0.495 e. The van der Waals surface area contributed by atoms with Gasteiger partial charge in [-0.3, -0.25) is 0 Å². The first-order valence-corrected chi connectivity index (χ1v) is 6.40. The van der Waals surface area contributed by atoms with E-state index in [4.69, 9.17) is 4.74 Å². The quantitative estimate of drug-likeness (QED) is 0.878. The maximum atomic E-state index is 5.35. The lowest BCUT2D eigenvalue weighted by molar-refractivity contribution is 0.407. The fourth-order valence-corrected chi connectivity index (χ4v) is 2.92. The standard InChI is InChI=1S/C10H10Br2N4O/c1-17-9-6(2-7(11)3-8(9)12)4-13-10-14-5-15-16-10/h2-3,5H,4H2,1H3,(H2,13,14,15,16). The van der Waals surface area contributed by atoms with Gasteiger partial charge in [0.05, 0.1) is 11.6 Å². The van der Waals surface area contributed by atoms with E-state index in [1.54, 1.807) is 7.11 Å². The van der Waals surface area contributed by atoms with E-state index in [0.29, 0.717) is 12.5 Å². The Balaban J connectivity index is 2.19. The molecule has 2 aromatic rings. The van der Waals surface area contributed by atoms with Gasteiger partial charge in [-0.2, -0.15) is 5.10 Å². The fourth-order valence-electron chi connectivity index (χ4n) is 1.44. The van der Waals surface area contributed by atoms with Crippen molar-refractivity contribution in [3.05, 3.63) is 33.0 Å². The van der Waals surface area contributed by atoms with Crippen LogP contribution in [-0.4, -0.2) is 22.3 Å². The summed E-state index contributed by atoms with van der Waals surface area (Å²) in [6, 6.07) is 3.93. The molecule has 1 aromatic carbocycles. The predicted octanol–water partition coefficient (Wildman–Crippen LogP) is 2.95. The summed E-state index contributed by atoms with van der Waals surface area (Å²) in [6.45, 7) is 0.594. The van der Waals surface area contributed by atoms with Crippen LogP contribution < -0.4 is 10.1 Å². The van der Waals surface area contributed by atoms with Gasteiger partial charge in [0, 0.05) is 16.6 Å². The molecule has 1 aromatic heterocycles. The molecule has 2 rings (SSSR count). The van der Waals surface area contributed by atoms with Crippen molar-refractivity contribution in [2.75, 3.05) is 12.4 Å². The van der Waals surface area contributed by atoms with Crippen LogP contribution in [-0.2, 0) is 6.54 Å². The van der Waals surface area contributed by atoms with E-state index in [1.165, 1.54) is 6.33 Å². The molecule has 5 nitrogen and oxygen atoms in total. The van der Waals surface area contributed by atoms with Crippen LogP contribution in [0.5, 0.6) is 5.75 Å². The number of hydrogen-bond donors (Lipinski definition) is 2. The number of rotatable bonds is 4. The molecule has 0 saturated heterocycles. The van der Waals surface area contributed by atoms with E-state index in [-0.39, 0.29) is 0 Å². The zero-order valence-electron chi connectivity index (χ0n) is 9.00. The highest BCUT2D eigenvalue weighted by Crippen LogP contribution is 2.32. The van der Waals surface area contributed by atoms with Crippen molar-refractivity contribution in [3.8, 4) is 5.75 Å². The molecule has 2 N–H and O–H groups in total. The zero-order valence-corrected chi connectivity index (χ0v) is 12.2. The second-order valence-corrected chi connectivity index (χ2v) is 5.04. The van der Waals surface area contributed by atoms with Crippen molar-refractivity contribution >= 4 is 37.8 Å². The van der Waals surface area contributed by atoms with Crippen molar-refractivity contribution in [1.82, 2.24) is 15.2 Å². The van der Waals surface area contributed by atoms with Crippen molar-refractivity contribution in [2.24, 2.45) is 0 Å².